The molecule has 2 nitrogen and oxygen atoms in total. The minimum absolute atomic E-state index is 0.0306. The van der Waals surface area contributed by atoms with E-state index in [1.165, 1.54) is 0 Å². The summed E-state index contributed by atoms with van der Waals surface area (Å²) in [6.45, 7) is 13.2. The third-order valence-electron chi connectivity index (χ3n) is 10.4. The van der Waals surface area contributed by atoms with Crippen molar-refractivity contribution in [1.29, 1.82) is 0 Å². The molecule has 2 heterocycles. The predicted molar refractivity (Wildman–Crippen MR) is 217 cm³/mol. The quantitative estimate of drug-likeness (QED) is 0.122. The molecule has 0 radical (unpaired) electrons. The maximum absolute atomic E-state index is 14.8. The molecule has 6 aromatic carbocycles. The van der Waals surface area contributed by atoms with Crippen LogP contribution in [0.4, 0.5) is 26.3 Å². The SMILES string of the molecule is C[Si](C)(C)c1ccc2c3ccccc3n(-c3cc(-c4cc(-n5c6ccccc6c6ccc([Si](C)(C)C)cc65)cc(C(F)(F)F)c4)cc(C(F)(F)F)c3)c2c1. The van der Waals surface area contributed by atoms with Gasteiger partial charge < -0.3 is 9.13 Å². The van der Waals surface area contributed by atoms with Gasteiger partial charge in [-0.15, -0.1) is 0 Å². The van der Waals surface area contributed by atoms with Crippen molar-refractivity contribution in [3.8, 4) is 22.5 Å². The monoisotopic (exact) mass is 764 g/mol. The van der Waals surface area contributed by atoms with E-state index in [0.29, 0.717) is 11.0 Å². The maximum atomic E-state index is 14.8. The van der Waals surface area contributed by atoms with Gasteiger partial charge in [-0.1, -0.05) is 110 Å². The minimum Gasteiger partial charge on any atom is -0.309 e. The first-order chi connectivity index (χ1) is 25.3. The zero-order valence-corrected chi connectivity index (χ0v) is 32.7. The van der Waals surface area contributed by atoms with E-state index in [1.807, 2.05) is 69.8 Å². The van der Waals surface area contributed by atoms with Gasteiger partial charge in [0.25, 0.3) is 0 Å². The molecular formula is C44H38F6N2Si2. The van der Waals surface area contributed by atoms with E-state index in [1.54, 1.807) is 12.1 Å². The number of hydrogen-bond acceptors (Lipinski definition) is 0. The standard InChI is InChI=1S/C44H38F6N2Si2/c1-53(2,3)33-15-17-37-35-11-7-9-13-39(35)51(41(37)25-33)31-21-27(19-29(23-31)43(45,46)47)28-20-30(44(48,49)50)24-32(22-28)52-40-14-10-8-12-36(40)38-18-16-34(26-42(38)52)54(4,5)6/h7-26H,1-6H3. The maximum Gasteiger partial charge on any atom is 0.416 e. The van der Waals surface area contributed by atoms with Gasteiger partial charge in [-0.2, -0.15) is 26.3 Å². The first-order valence-electron chi connectivity index (χ1n) is 17.8. The van der Waals surface area contributed by atoms with Gasteiger partial charge in [0.1, 0.15) is 0 Å². The van der Waals surface area contributed by atoms with Gasteiger partial charge in [-0.05, 0) is 71.8 Å². The summed E-state index contributed by atoms with van der Waals surface area (Å²) in [7, 11) is -3.68. The van der Waals surface area contributed by atoms with Gasteiger partial charge in [0.05, 0.1) is 49.3 Å². The van der Waals surface area contributed by atoms with Crippen molar-refractivity contribution in [2.45, 2.75) is 51.6 Å². The summed E-state index contributed by atoms with van der Waals surface area (Å²) >= 11 is 0. The first-order valence-corrected chi connectivity index (χ1v) is 24.8. The summed E-state index contributed by atoms with van der Waals surface area (Å²) in [6, 6.07) is 34.7. The van der Waals surface area contributed by atoms with Crippen molar-refractivity contribution in [3.05, 3.63) is 132 Å². The fourth-order valence-corrected chi connectivity index (χ4v) is 9.88. The lowest BCUT2D eigenvalue weighted by Crippen LogP contribution is -2.37. The predicted octanol–water partition coefficient (Wildman–Crippen LogP) is 12.7. The number of aromatic nitrogens is 2. The second kappa shape index (κ2) is 12.2. The molecule has 0 N–H and O–H groups in total. The van der Waals surface area contributed by atoms with Crippen molar-refractivity contribution < 1.29 is 26.3 Å². The number of hydrogen-bond donors (Lipinski definition) is 0. The fourth-order valence-electron chi connectivity index (χ4n) is 7.57. The normalized spacial score (nSPS) is 13.2. The highest BCUT2D eigenvalue weighted by molar-refractivity contribution is 6.89. The molecule has 0 aliphatic carbocycles. The number of benzene rings is 6. The second-order valence-electron chi connectivity index (χ2n) is 16.2. The van der Waals surface area contributed by atoms with Crippen molar-refractivity contribution >= 4 is 70.1 Å². The number of rotatable bonds is 5. The topological polar surface area (TPSA) is 9.86 Å². The van der Waals surface area contributed by atoms with E-state index < -0.39 is 39.6 Å². The van der Waals surface area contributed by atoms with Crippen LogP contribution in [0, 0.1) is 0 Å². The van der Waals surface area contributed by atoms with Crippen molar-refractivity contribution in [2.75, 3.05) is 0 Å². The molecular weight excluding hydrogens is 727 g/mol. The van der Waals surface area contributed by atoms with Crippen LogP contribution in [-0.4, -0.2) is 25.3 Å². The van der Waals surface area contributed by atoms with Crippen LogP contribution in [0.15, 0.2) is 121 Å². The number of halogens is 6. The van der Waals surface area contributed by atoms with Crippen LogP contribution in [0.2, 0.25) is 39.3 Å². The molecule has 8 rings (SSSR count). The smallest absolute Gasteiger partial charge is 0.309 e. The summed E-state index contributed by atoms with van der Waals surface area (Å²) in [6.07, 6.45) is -9.53. The summed E-state index contributed by atoms with van der Waals surface area (Å²) in [5, 5.41) is 5.79. The van der Waals surface area contributed by atoms with E-state index in [2.05, 4.69) is 63.5 Å². The fraction of sp³-hybridized carbons (Fsp3) is 0.182. The highest BCUT2D eigenvalue weighted by Gasteiger charge is 2.34. The van der Waals surface area contributed by atoms with Gasteiger partial charge in [-0.25, -0.2) is 0 Å². The third kappa shape index (κ3) is 6.15. The molecule has 54 heavy (non-hydrogen) atoms. The summed E-state index contributed by atoms with van der Waals surface area (Å²) in [5.41, 5.74) is 1.51. The van der Waals surface area contributed by atoms with E-state index in [9.17, 15) is 26.3 Å². The minimum atomic E-state index is -4.77. The van der Waals surface area contributed by atoms with Crippen LogP contribution in [0.1, 0.15) is 11.1 Å². The Balaban J connectivity index is 1.44. The number of para-hydroxylation sites is 2. The van der Waals surface area contributed by atoms with Gasteiger partial charge >= 0.3 is 12.4 Å². The summed E-state index contributed by atoms with van der Waals surface area (Å²) < 4.78 is 92.6. The average molecular weight is 765 g/mol. The molecule has 0 aliphatic heterocycles. The third-order valence-corrected chi connectivity index (χ3v) is 14.5. The van der Waals surface area contributed by atoms with Crippen molar-refractivity contribution in [1.82, 2.24) is 9.13 Å². The van der Waals surface area contributed by atoms with Crippen LogP contribution < -0.4 is 10.4 Å². The molecule has 0 unspecified atom stereocenters. The van der Waals surface area contributed by atoms with E-state index in [-0.39, 0.29) is 22.5 Å². The van der Waals surface area contributed by atoms with Crippen LogP contribution in [-0.2, 0) is 12.4 Å². The van der Waals surface area contributed by atoms with E-state index >= 15 is 0 Å². The Morgan fingerprint density at radius 1 is 0.389 bits per heavy atom. The van der Waals surface area contributed by atoms with Crippen molar-refractivity contribution in [2.24, 2.45) is 0 Å². The average Bonchev–Trinajstić information content (AvgIpc) is 3.62. The molecule has 0 spiro atoms. The number of nitrogens with zero attached hydrogens (tertiary/aromatic N) is 2. The number of alkyl halides is 6. The Bertz CT molecular complexity index is 2580. The van der Waals surface area contributed by atoms with Crippen LogP contribution in [0.3, 0.4) is 0 Å². The molecule has 0 aliphatic rings. The lowest BCUT2D eigenvalue weighted by atomic mass is 9.98. The van der Waals surface area contributed by atoms with Crippen LogP contribution in [0.5, 0.6) is 0 Å². The molecule has 8 aromatic rings. The molecule has 10 heteroatoms. The van der Waals surface area contributed by atoms with Gasteiger partial charge in [-0.3, -0.25) is 0 Å². The van der Waals surface area contributed by atoms with Gasteiger partial charge in [0, 0.05) is 32.9 Å². The lowest BCUT2D eigenvalue weighted by Gasteiger charge is -2.19. The zero-order valence-electron chi connectivity index (χ0n) is 30.7. The molecule has 0 saturated carbocycles. The molecule has 2 aromatic heterocycles. The molecule has 0 atom stereocenters. The molecule has 0 fully saturated rings. The molecule has 274 valence electrons. The van der Waals surface area contributed by atoms with Crippen molar-refractivity contribution in [3.63, 3.8) is 0 Å². The molecule has 0 saturated heterocycles. The molecule has 0 amide bonds. The highest BCUT2D eigenvalue weighted by atomic mass is 28.3. The largest absolute Gasteiger partial charge is 0.416 e. The van der Waals surface area contributed by atoms with Crippen LogP contribution >= 0.6 is 0 Å². The van der Waals surface area contributed by atoms with E-state index in [4.69, 9.17) is 0 Å². The first kappa shape index (κ1) is 35.9. The van der Waals surface area contributed by atoms with Gasteiger partial charge in [0.2, 0.25) is 0 Å². The zero-order chi connectivity index (χ0) is 38.5. The van der Waals surface area contributed by atoms with E-state index in [0.717, 1.165) is 67.2 Å². The number of fused-ring (bicyclic) bond motifs is 6. The second-order valence-corrected chi connectivity index (χ2v) is 26.4. The Morgan fingerprint density at radius 2 is 0.741 bits per heavy atom. The van der Waals surface area contributed by atoms with Gasteiger partial charge in [0.15, 0.2) is 0 Å². The Hall–Kier alpha value is -5.07. The Labute approximate surface area is 311 Å². The van der Waals surface area contributed by atoms with Crippen LogP contribution in [0.25, 0.3) is 66.1 Å². The summed E-state index contributed by atoms with van der Waals surface area (Å²) in [5.74, 6) is 0. The Kier molecular flexibility index (Phi) is 8.14. The highest BCUT2D eigenvalue weighted by Crippen LogP contribution is 2.41. The molecule has 0 bridgehead atoms. The Morgan fingerprint density at radius 3 is 1.09 bits per heavy atom. The summed E-state index contributed by atoms with van der Waals surface area (Å²) in [4.78, 5) is 0. The lowest BCUT2D eigenvalue weighted by molar-refractivity contribution is -0.138.